The normalized spacial score (nSPS) is 13.1. The van der Waals surface area contributed by atoms with E-state index in [2.05, 4.69) is 233 Å². The highest BCUT2D eigenvalue weighted by Crippen LogP contribution is 2.42. The van der Waals surface area contributed by atoms with Crippen LogP contribution < -0.4 is 0 Å². The molecule has 5 heterocycles. The van der Waals surface area contributed by atoms with Gasteiger partial charge in [0, 0.05) is 44.3 Å². The maximum Gasteiger partial charge on any atom is 0.307 e. The molecule has 350 valence electrons. The molecule has 2 aliphatic heterocycles. The minimum atomic E-state index is -0.879. The average Bonchev–Trinajstić information content (AvgIpc) is 4.12. The Morgan fingerprint density at radius 2 is 0.739 bits per heavy atom. The van der Waals surface area contributed by atoms with Gasteiger partial charge in [-0.05, 0) is 133 Å². The van der Waals surface area contributed by atoms with E-state index >= 15 is 0 Å². The monoisotopic (exact) mass is 911 g/mol. The molecule has 8 bridgehead atoms. The van der Waals surface area contributed by atoms with E-state index in [0.717, 1.165) is 106 Å². The van der Waals surface area contributed by atoms with Crippen LogP contribution in [0.3, 0.4) is 0 Å². The van der Waals surface area contributed by atoms with Crippen molar-refractivity contribution in [3.05, 3.63) is 165 Å². The smallest absolute Gasteiger partial charge is 0.307 e. The Labute approximate surface area is 408 Å². The van der Waals surface area contributed by atoms with Crippen molar-refractivity contribution in [3.63, 3.8) is 0 Å². The number of fused-ring (bicyclic) bond motifs is 8. The van der Waals surface area contributed by atoms with Crippen LogP contribution in [0.2, 0.25) is 0 Å². The van der Waals surface area contributed by atoms with Crippen molar-refractivity contribution in [2.75, 3.05) is 0 Å². The number of hydrogen-bond donors (Lipinski definition) is 3. The number of nitrogens with one attached hydrogen (secondary N) is 2. The Morgan fingerprint density at radius 3 is 1.07 bits per heavy atom. The Bertz CT molecular complexity index is 3230. The molecule has 4 aromatic carbocycles. The molecule has 3 N–H and O–H groups in total. The number of carboxylic acids is 1. The molecule has 9 rings (SSSR count). The van der Waals surface area contributed by atoms with Gasteiger partial charge in [-0.25, -0.2) is 9.97 Å². The molecule has 69 heavy (non-hydrogen) atoms. The number of hydrogen-bond acceptors (Lipinski definition) is 3. The first-order chi connectivity index (χ1) is 32.4. The molecule has 0 saturated heterocycles. The number of nitrogens with zero attached hydrogens (tertiary/aromatic N) is 2. The number of H-pyrrole nitrogens is 2. The van der Waals surface area contributed by atoms with E-state index in [1.54, 1.807) is 0 Å². The van der Waals surface area contributed by atoms with Crippen LogP contribution in [0.4, 0.5) is 0 Å². The highest BCUT2D eigenvalue weighted by atomic mass is 16.4. The van der Waals surface area contributed by atoms with E-state index in [0.29, 0.717) is 0 Å². The number of carbonyl (C=O) groups is 1. The van der Waals surface area contributed by atoms with Crippen molar-refractivity contribution < 1.29 is 9.90 Å². The summed E-state index contributed by atoms with van der Waals surface area (Å²) < 4.78 is 0. The van der Waals surface area contributed by atoms with Gasteiger partial charge < -0.3 is 15.1 Å². The second-order valence-corrected chi connectivity index (χ2v) is 23.1. The van der Waals surface area contributed by atoms with E-state index in [9.17, 15) is 9.90 Å². The lowest BCUT2D eigenvalue weighted by Gasteiger charge is -2.23. The standard InChI is InChI=1S/C63H66N4O2/c1-37-34-45(63(11,12)13)35-41(36-54(68)69)55(37)59-52-32-30-50(66-52)57(39-16-22-43(23-17-39)61(5,6)7)48-28-26-46(64-48)56(38-14-20-42(21-15-38)60(2,3)4)47-27-29-49(65-47)58(51-31-33-53(59)67-51)40-18-24-44(25-19-40)62(8,9)10/h14-35,66-67H,36H2,1-13H3,(H,68,69). The van der Waals surface area contributed by atoms with Crippen LogP contribution in [0.5, 0.6) is 0 Å². The number of aromatic nitrogens is 4. The topological polar surface area (TPSA) is 94.7 Å². The van der Waals surface area contributed by atoms with Gasteiger partial charge in [-0.15, -0.1) is 0 Å². The molecule has 0 aliphatic carbocycles. The molecular weight excluding hydrogens is 845 g/mol. The minimum Gasteiger partial charge on any atom is -0.481 e. The van der Waals surface area contributed by atoms with E-state index in [-0.39, 0.29) is 28.1 Å². The molecule has 6 nitrogen and oxygen atoms in total. The lowest BCUT2D eigenvalue weighted by molar-refractivity contribution is -0.136. The van der Waals surface area contributed by atoms with Gasteiger partial charge in [0.1, 0.15) is 0 Å². The van der Waals surface area contributed by atoms with Crippen LogP contribution in [0, 0.1) is 6.92 Å². The summed E-state index contributed by atoms with van der Waals surface area (Å²) in [6, 6.07) is 39.5. The van der Waals surface area contributed by atoms with E-state index in [1.807, 2.05) is 0 Å². The summed E-state index contributed by atoms with van der Waals surface area (Å²) in [6.07, 6.45) is 8.39. The second-order valence-electron chi connectivity index (χ2n) is 23.1. The van der Waals surface area contributed by atoms with Gasteiger partial charge in [-0.3, -0.25) is 4.79 Å². The summed E-state index contributed by atoms with van der Waals surface area (Å²) in [5.41, 5.74) is 21.0. The van der Waals surface area contributed by atoms with Crippen molar-refractivity contribution in [2.45, 2.75) is 118 Å². The third-order valence-corrected chi connectivity index (χ3v) is 13.7. The number of aliphatic carboxylic acids is 1. The SMILES string of the molecule is Cc1cc(C(C)(C)C)cc(CC(=O)O)c1-c1c2ccc([nH]2)c(-c2ccc(C(C)(C)C)cc2)c2nc(c(-c3ccc(C(C)(C)C)cc3)c3nc(c(-c4ccc(C(C)(C)C)cc4)c4ccc1[nH]4)C=C3)C=C2. The summed E-state index contributed by atoms with van der Waals surface area (Å²) in [5, 5.41) is 10.5. The molecule has 3 aromatic heterocycles. The first-order valence-electron chi connectivity index (χ1n) is 24.3. The zero-order chi connectivity index (χ0) is 49.4. The van der Waals surface area contributed by atoms with Crippen molar-refractivity contribution in [1.29, 1.82) is 0 Å². The third kappa shape index (κ3) is 9.30. The Kier molecular flexibility index (Phi) is 11.7. The van der Waals surface area contributed by atoms with Gasteiger partial charge in [-0.2, -0.15) is 0 Å². The zero-order valence-corrected chi connectivity index (χ0v) is 42.7. The van der Waals surface area contributed by atoms with Gasteiger partial charge in [0.15, 0.2) is 0 Å². The predicted molar refractivity (Wildman–Crippen MR) is 291 cm³/mol. The maximum atomic E-state index is 12.8. The van der Waals surface area contributed by atoms with E-state index in [1.165, 1.54) is 16.7 Å². The Morgan fingerprint density at radius 1 is 0.420 bits per heavy atom. The van der Waals surface area contributed by atoms with Gasteiger partial charge in [0.25, 0.3) is 0 Å². The van der Waals surface area contributed by atoms with Crippen molar-refractivity contribution in [2.24, 2.45) is 0 Å². The molecule has 0 amide bonds. The fourth-order valence-electron chi connectivity index (χ4n) is 9.74. The molecule has 7 aromatic rings. The van der Waals surface area contributed by atoms with Crippen molar-refractivity contribution >= 4 is 52.3 Å². The number of rotatable bonds is 6. The lowest BCUT2D eigenvalue weighted by atomic mass is 9.81. The molecular formula is C63H66N4O2. The lowest BCUT2D eigenvalue weighted by Crippen LogP contribution is -2.14. The zero-order valence-electron chi connectivity index (χ0n) is 42.7. The second kappa shape index (κ2) is 17.2. The first kappa shape index (κ1) is 47.0. The van der Waals surface area contributed by atoms with Gasteiger partial charge >= 0.3 is 5.97 Å². The quantitative estimate of drug-likeness (QED) is 0.155. The molecule has 0 saturated carbocycles. The summed E-state index contributed by atoms with van der Waals surface area (Å²) in [6.45, 7) is 28.8. The molecule has 0 unspecified atom stereocenters. The van der Waals surface area contributed by atoms with Crippen LogP contribution in [0.25, 0.3) is 90.9 Å². The number of benzene rings is 4. The largest absolute Gasteiger partial charge is 0.481 e. The highest BCUT2D eigenvalue weighted by molar-refractivity contribution is 6.01. The van der Waals surface area contributed by atoms with Crippen molar-refractivity contribution in [1.82, 2.24) is 19.9 Å². The first-order valence-corrected chi connectivity index (χ1v) is 24.3. The van der Waals surface area contributed by atoms with Gasteiger partial charge in [-0.1, -0.05) is 168 Å². The van der Waals surface area contributed by atoms with Gasteiger partial charge in [0.2, 0.25) is 0 Å². The average molecular weight is 911 g/mol. The third-order valence-electron chi connectivity index (χ3n) is 13.7. The van der Waals surface area contributed by atoms with E-state index < -0.39 is 5.97 Å². The Hall–Kier alpha value is -7.05. The minimum absolute atomic E-state index is 0.00654. The molecule has 0 fully saturated rings. The fraction of sp³-hybridized carbons (Fsp3) is 0.286. The summed E-state index contributed by atoms with van der Waals surface area (Å²) in [7, 11) is 0. The number of aryl methyl sites for hydroxylation is 1. The van der Waals surface area contributed by atoms with E-state index in [4.69, 9.17) is 9.97 Å². The number of aromatic amines is 2. The van der Waals surface area contributed by atoms with Crippen LogP contribution in [0.1, 0.15) is 139 Å². The summed E-state index contributed by atoms with van der Waals surface area (Å²) in [4.78, 5) is 31.7. The summed E-state index contributed by atoms with van der Waals surface area (Å²) >= 11 is 0. The van der Waals surface area contributed by atoms with Crippen LogP contribution in [0.15, 0.2) is 109 Å². The summed E-state index contributed by atoms with van der Waals surface area (Å²) in [5.74, 6) is -0.879. The molecule has 0 radical (unpaired) electrons. The van der Waals surface area contributed by atoms with Crippen LogP contribution >= 0.6 is 0 Å². The molecule has 6 heteroatoms. The molecule has 2 aliphatic rings. The van der Waals surface area contributed by atoms with Crippen molar-refractivity contribution in [3.8, 4) is 44.5 Å². The predicted octanol–water partition coefficient (Wildman–Crippen LogP) is 16.4. The Balaban J connectivity index is 1.46. The maximum absolute atomic E-state index is 12.8. The van der Waals surface area contributed by atoms with Gasteiger partial charge in [0.05, 0.1) is 29.2 Å². The molecule has 0 spiro atoms. The van der Waals surface area contributed by atoms with Crippen LogP contribution in [-0.2, 0) is 32.9 Å². The highest BCUT2D eigenvalue weighted by Gasteiger charge is 2.25. The molecule has 0 atom stereocenters. The number of carboxylic acid groups (broad SMARTS) is 1. The van der Waals surface area contributed by atoms with Crippen LogP contribution in [-0.4, -0.2) is 31.0 Å². The fourth-order valence-corrected chi connectivity index (χ4v) is 9.74.